The van der Waals surface area contributed by atoms with Crippen molar-refractivity contribution in [3.05, 3.63) is 71.8 Å². The molecule has 2 N–H and O–H groups in total. The largest absolute Gasteiger partial charge is 0.573 e. The number of ether oxygens (including phenoxy) is 3. The second-order valence-corrected chi connectivity index (χ2v) is 11.2. The number of nitrogens with zero attached hydrogens (tertiary/aromatic N) is 2. The Morgan fingerprint density at radius 1 is 1.08 bits per heavy atom. The number of aliphatic hydroxyl groups is 1. The Balaban J connectivity index is 1.43. The molecule has 4 atom stereocenters. The summed E-state index contributed by atoms with van der Waals surface area (Å²) in [5.41, 5.74) is 1.37. The average molecular weight is 570 g/mol. The summed E-state index contributed by atoms with van der Waals surface area (Å²) >= 11 is 6.19. The van der Waals surface area contributed by atoms with Crippen molar-refractivity contribution in [2.24, 2.45) is 4.36 Å². The molecule has 1 fully saturated rings. The van der Waals surface area contributed by atoms with Crippen LogP contribution in [0, 0.1) is 0 Å². The van der Waals surface area contributed by atoms with E-state index < -0.39 is 40.2 Å². The molecule has 2 heterocycles. The number of benzene rings is 3. The quantitative estimate of drug-likeness (QED) is 0.435. The molecule has 1 saturated heterocycles. The van der Waals surface area contributed by atoms with Crippen LogP contribution < -0.4 is 19.1 Å². The predicted octanol–water partition coefficient (Wildman–Crippen LogP) is 5.27. The summed E-state index contributed by atoms with van der Waals surface area (Å²) in [4.78, 5) is 2.03. The number of nitrogens with one attached hydrogen (secondary N) is 1. The van der Waals surface area contributed by atoms with Gasteiger partial charge in [0.05, 0.1) is 47.7 Å². The third-order valence-corrected chi connectivity index (χ3v) is 8.48. The topological polar surface area (TPSA) is 92.6 Å². The van der Waals surface area contributed by atoms with E-state index in [1.165, 1.54) is 19.2 Å². The molecule has 0 aliphatic carbocycles. The van der Waals surface area contributed by atoms with E-state index in [9.17, 15) is 22.5 Å². The molecule has 0 saturated carbocycles. The first-order chi connectivity index (χ1) is 18.1. The molecule has 13 heteroatoms. The summed E-state index contributed by atoms with van der Waals surface area (Å²) < 4.78 is 73.9. The first-order valence-electron chi connectivity index (χ1n) is 11.5. The van der Waals surface area contributed by atoms with Gasteiger partial charge >= 0.3 is 6.36 Å². The Morgan fingerprint density at radius 3 is 2.50 bits per heavy atom. The first-order valence-corrected chi connectivity index (χ1v) is 13.4. The van der Waals surface area contributed by atoms with Crippen LogP contribution in [0.4, 0.5) is 24.5 Å². The molecule has 0 spiro atoms. The molecule has 3 aromatic rings. The van der Waals surface area contributed by atoms with Gasteiger partial charge in [0.2, 0.25) is 0 Å². The summed E-state index contributed by atoms with van der Waals surface area (Å²) in [5, 5.41) is 12.0. The van der Waals surface area contributed by atoms with Crippen molar-refractivity contribution < 1.29 is 36.7 Å². The lowest BCUT2D eigenvalue weighted by atomic mass is 9.98. The van der Waals surface area contributed by atoms with E-state index in [-0.39, 0.29) is 18.1 Å². The van der Waals surface area contributed by atoms with Gasteiger partial charge in [-0.15, -0.1) is 13.2 Å². The summed E-state index contributed by atoms with van der Waals surface area (Å²) in [7, 11) is -2.02. The maximum absolute atomic E-state index is 13.7. The summed E-state index contributed by atoms with van der Waals surface area (Å²) in [6, 6.07) is 15.6. The number of fused-ring (bicyclic) bond motifs is 2. The van der Waals surface area contributed by atoms with Gasteiger partial charge in [-0.05, 0) is 48.5 Å². The number of aliphatic hydroxyl groups excluding tert-OH is 1. The predicted molar refractivity (Wildman–Crippen MR) is 136 cm³/mol. The molecule has 4 unspecified atom stereocenters. The monoisotopic (exact) mass is 569 g/mol. The van der Waals surface area contributed by atoms with Gasteiger partial charge in [0, 0.05) is 18.1 Å². The molecule has 3 aromatic carbocycles. The zero-order valence-corrected chi connectivity index (χ0v) is 21.5. The zero-order valence-electron chi connectivity index (χ0n) is 19.9. The molecule has 5 rings (SSSR count). The fraction of sp³-hybridized carbons (Fsp3) is 0.280. The van der Waals surface area contributed by atoms with Crippen LogP contribution in [-0.2, 0) is 14.7 Å². The van der Waals surface area contributed by atoms with E-state index in [0.717, 1.165) is 12.1 Å². The van der Waals surface area contributed by atoms with Crippen LogP contribution in [0.5, 0.6) is 17.2 Å². The van der Waals surface area contributed by atoms with E-state index in [4.69, 9.17) is 21.1 Å². The molecule has 0 bridgehead atoms. The highest BCUT2D eigenvalue weighted by Crippen LogP contribution is 2.49. The zero-order chi connectivity index (χ0) is 27.1. The van der Waals surface area contributed by atoms with Crippen LogP contribution in [-0.4, -0.2) is 54.1 Å². The Hall–Kier alpha value is -3.03. The third kappa shape index (κ3) is 5.27. The van der Waals surface area contributed by atoms with E-state index in [0.29, 0.717) is 27.9 Å². The van der Waals surface area contributed by atoms with Gasteiger partial charge in [0.1, 0.15) is 15.7 Å². The van der Waals surface area contributed by atoms with Gasteiger partial charge in [-0.25, -0.2) is 13.3 Å². The van der Waals surface area contributed by atoms with Crippen LogP contribution >= 0.6 is 11.6 Å². The minimum absolute atomic E-state index is 0.0267. The normalized spacial score (nSPS) is 22.5. The van der Waals surface area contributed by atoms with Gasteiger partial charge in [-0.2, -0.15) is 0 Å². The number of alkyl halides is 3. The van der Waals surface area contributed by atoms with Crippen molar-refractivity contribution in [2.45, 2.75) is 29.4 Å². The van der Waals surface area contributed by atoms with Crippen molar-refractivity contribution in [3.8, 4) is 17.2 Å². The van der Waals surface area contributed by atoms with Crippen molar-refractivity contribution in [2.75, 3.05) is 25.2 Å². The van der Waals surface area contributed by atoms with Gasteiger partial charge in [-0.1, -0.05) is 23.7 Å². The van der Waals surface area contributed by atoms with Gasteiger partial charge < -0.3 is 24.2 Å². The highest BCUT2D eigenvalue weighted by atomic mass is 35.5. The number of anilines is 2. The molecule has 38 heavy (non-hydrogen) atoms. The standard InChI is InChI=1S/C25H23ClF3N3O5S/c1-30-38(34,17-9-7-16(8-10-17)37-25(27,28)29)31-18-13-35-14-21(24(18)33)32-19-4-2-3-5-22(19)36-23-12-15(26)6-11-20(23)32/h2-12,18,21,24,33H,13-14H2,1H3,(H,30,31,34). The molecule has 0 amide bonds. The van der Waals surface area contributed by atoms with Crippen LogP contribution in [0.2, 0.25) is 5.02 Å². The molecule has 0 aromatic heterocycles. The Kier molecular flexibility index (Phi) is 7.18. The average Bonchev–Trinajstić information content (AvgIpc) is 2.88. The second-order valence-electron chi connectivity index (χ2n) is 8.60. The Labute approximate surface area is 222 Å². The Morgan fingerprint density at radius 2 is 1.79 bits per heavy atom. The lowest BCUT2D eigenvalue weighted by Crippen LogP contribution is -2.60. The fourth-order valence-electron chi connectivity index (χ4n) is 4.49. The van der Waals surface area contributed by atoms with E-state index in [2.05, 4.69) is 13.8 Å². The maximum Gasteiger partial charge on any atom is 0.573 e. The number of rotatable bonds is 5. The van der Waals surface area contributed by atoms with Gasteiger partial charge in [-0.3, -0.25) is 0 Å². The number of para-hydroxylation sites is 2. The smallest absolute Gasteiger partial charge is 0.453 e. The lowest BCUT2D eigenvalue weighted by Gasteiger charge is -2.44. The van der Waals surface area contributed by atoms with Crippen molar-refractivity contribution >= 4 is 32.9 Å². The Bertz CT molecular complexity index is 1450. The van der Waals surface area contributed by atoms with Crippen LogP contribution in [0.25, 0.3) is 0 Å². The van der Waals surface area contributed by atoms with E-state index >= 15 is 0 Å². The molecule has 0 radical (unpaired) electrons. The molecule has 202 valence electrons. The number of halogens is 4. The molecular formula is C25H23ClF3N3O5S. The lowest BCUT2D eigenvalue weighted by molar-refractivity contribution is -0.274. The third-order valence-electron chi connectivity index (χ3n) is 6.20. The SMILES string of the molecule is CN=S(=O)(NC1COCC(N2c3ccccc3Oc3cc(Cl)ccc32)C1O)c1ccc(OC(F)(F)F)cc1. The number of hydrogen-bond acceptors (Lipinski definition) is 7. The van der Waals surface area contributed by atoms with Crippen LogP contribution in [0.3, 0.4) is 0 Å². The van der Waals surface area contributed by atoms with Crippen molar-refractivity contribution in [1.29, 1.82) is 0 Å². The van der Waals surface area contributed by atoms with Gasteiger partial charge in [0.15, 0.2) is 11.5 Å². The van der Waals surface area contributed by atoms with Crippen molar-refractivity contribution in [1.82, 2.24) is 4.72 Å². The fourth-order valence-corrected chi connectivity index (χ4v) is 6.22. The maximum atomic E-state index is 13.7. The highest BCUT2D eigenvalue weighted by molar-refractivity contribution is 7.91. The highest BCUT2D eigenvalue weighted by Gasteiger charge is 2.41. The molecule has 2 aliphatic rings. The van der Waals surface area contributed by atoms with Crippen LogP contribution in [0.1, 0.15) is 0 Å². The summed E-state index contributed by atoms with van der Waals surface area (Å²) in [6.45, 7) is 0.183. The first kappa shape index (κ1) is 26.6. The minimum Gasteiger partial charge on any atom is -0.453 e. The van der Waals surface area contributed by atoms with Crippen LogP contribution in [0.15, 0.2) is 76.0 Å². The van der Waals surface area contributed by atoms with E-state index in [1.807, 2.05) is 23.1 Å². The molecule has 8 nitrogen and oxygen atoms in total. The number of hydrogen-bond donors (Lipinski definition) is 2. The summed E-state index contributed by atoms with van der Waals surface area (Å²) in [6.07, 6.45) is -5.94. The second kappa shape index (κ2) is 10.3. The van der Waals surface area contributed by atoms with Gasteiger partial charge in [0.25, 0.3) is 0 Å². The summed E-state index contributed by atoms with van der Waals surface area (Å²) in [5.74, 6) is 0.620. The molecule has 2 aliphatic heterocycles. The molecular weight excluding hydrogens is 547 g/mol. The van der Waals surface area contributed by atoms with E-state index in [1.54, 1.807) is 24.3 Å². The van der Waals surface area contributed by atoms with Crippen molar-refractivity contribution in [3.63, 3.8) is 0 Å². The minimum atomic E-state index is -4.85.